The molecule has 0 aliphatic rings. The van der Waals surface area contributed by atoms with Gasteiger partial charge in [-0.2, -0.15) is 0 Å². The lowest BCUT2D eigenvalue weighted by atomic mass is 10.4. The molecule has 0 radical (unpaired) electrons. The molecule has 0 aliphatic heterocycles. The van der Waals surface area contributed by atoms with Gasteiger partial charge < -0.3 is 10.2 Å². The summed E-state index contributed by atoms with van der Waals surface area (Å²) >= 11 is 4.71. The number of hydrogen-bond acceptors (Lipinski definition) is 3. The summed E-state index contributed by atoms with van der Waals surface area (Å²) in [5.41, 5.74) is 0. The first-order chi connectivity index (χ1) is 10.9. The van der Waals surface area contributed by atoms with Gasteiger partial charge in [0.2, 0.25) is 11.1 Å². The zero-order chi connectivity index (χ0) is 18.5. The molecule has 0 saturated heterocycles. The summed E-state index contributed by atoms with van der Waals surface area (Å²) in [4.78, 5) is 22.1. The molecule has 4 nitrogen and oxygen atoms in total. The molecule has 0 bridgehead atoms. The largest absolute Gasteiger partial charge is 0.332 e. The van der Waals surface area contributed by atoms with Crippen LogP contribution in [0.25, 0.3) is 0 Å². The van der Waals surface area contributed by atoms with E-state index in [0.717, 1.165) is 19.2 Å². The van der Waals surface area contributed by atoms with Crippen molar-refractivity contribution in [3.8, 4) is 0 Å². The van der Waals surface area contributed by atoms with Crippen LogP contribution in [0.4, 0.5) is 0 Å². The van der Waals surface area contributed by atoms with Crippen molar-refractivity contribution in [1.82, 2.24) is 10.2 Å². The maximum Gasteiger partial charge on any atom is 0.246 e. The number of nitrogens with one attached hydrogen (secondary N) is 1. The Morgan fingerprint density at radius 1 is 0.826 bits per heavy atom. The second kappa shape index (κ2) is 22.1. The van der Waals surface area contributed by atoms with E-state index in [1.165, 1.54) is 6.08 Å². The molecule has 0 aliphatic carbocycles. The first-order valence-corrected chi connectivity index (χ1v) is 7.20. The molecule has 1 N–H and O–H groups in total. The van der Waals surface area contributed by atoms with E-state index < -0.39 is 5.24 Å². The average molecular weight is 339 g/mol. The van der Waals surface area contributed by atoms with Gasteiger partial charge in [0.1, 0.15) is 0 Å². The van der Waals surface area contributed by atoms with Crippen LogP contribution in [0, 0.1) is 0 Å². The van der Waals surface area contributed by atoms with Crippen molar-refractivity contribution in [3.63, 3.8) is 0 Å². The maximum atomic E-state index is 11.0. The SMILES string of the molecule is C=CC(=O)Cl.C=CCN(CC=C)C(=O)C=C.C=CCNCC=C. The van der Waals surface area contributed by atoms with Gasteiger partial charge >= 0.3 is 0 Å². The van der Waals surface area contributed by atoms with Crippen LogP contribution in [0.15, 0.2) is 75.9 Å². The number of carbonyl (C=O) groups is 2. The minimum Gasteiger partial charge on any atom is -0.332 e. The molecule has 0 spiro atoms. The van der Waals surface area contributed by atoms with Crippen LogP contribution in [-0.2, 0) is 9.59 Å². The summed E-state index contributed by atoms with van der Waals surface area (Å²) < 4.78 is 0. The van der Waals surface area contributed by atoms with E-state index in [9.17, 15) is 9.59 Å². The molecule has 0 heterocycles. The summed E-state index contributed by atoms with van der Waals surface area (Å²) in [7, 11) is 0. The van der Waals surface area contributed by atoms with E-state index in [0.29, 0.717) is 13.1 Å². The predicted octanol–water partition coefficient (Wildman–Crippen LogP) is 3.26. The monoisotopic (exact) mass is 338 g/mol. The van der Waals surface area contributed by atoms with Crippen molar-refractivity contribution in [1.29, 1.82) is 0 Å². The molecule has 0 fully saturated rings. The average Bonchev–Trinajstić information content (AvgIpc) is 2.55. The third kappa shape index (κ3) is 25.2. The zero-order valence-electron chi connectivity index (χ0n) is 13.7. The van der Waals surface area contributed by atoms with Gasteiger partial charge in [0.25, 0.3) is 0 Å². The smallest absolute Gasteiger partial charge is 0.246 e. The normalized spacial score (nSPS) is 7.87. The Balaban J connectivity index is -0.000000286. The Morgan fingerprint density at radius 2 is 1.22 bits per heavy atom. The molecule has 0 saturated carbocycles. The lowest BCUT2D eigenvalue weighted by molar-refractivity contribution is -0.125. The first kappa shape index (κ1) is 25.8. The molecule has 1 amide bonds. The summed E-state index contributed by atoms with van der Waals surface area (Å²) in [6, 6.07) is 0. The summed E-state index contributed by atoms with van der Waals surface area (Å²) in [5.74, 6) is -0.0928. The van der Waals surface area contributed by atoms with Crippen molar-refractivity contribution < 1.29 is 9.59 Å². The van der Waals surface area contributed by atoms with Crippen LogP contribution >= 0.6 is 11.6 Å². The standard InChI is InChI=1S/C9H13NO.C6H11N.C3H3ClO/c1-4-7-10(8-5-2)9(11)6-3;1-3-5-7-6-4-2;1-2-3(4)5/h4-6H,1-3,7-8H2;3-4,7H,1-2,5-6H2;2H,1H2. The van der Waals surface area contributed by atoms with Crippen LogP contribution in [0.5, 0.6) is 0 Å². The zero-order valence-corrected chi connectivity index (χ0v) is 14.4. The highest BCUT2D eigenvalue weighted by Crippen LogP contribution is 1.90. The van der Waals surface area contributed by atoms with Gasteiger partial charge in [0.05, 0.1) is 0 Å². The molecule has 0 rings (SSSR count). The quantitative estimate of drug-likeness (QED) is 0.288. The third-order valence-electron chi connectivity index (χ3n) is 1.92. The van der Waals surface area contributed by atoms with E-state index in [2.05, 4.69) is 44.8 Å². The Kier molecular flexibility index (Phi) is 24.8. The number of hydrogen-bond donors (Lipinski definition) is 1. The number of nitrogens with zero attached hydrogens (tertiary/aromatic N) is 1. The first-order valence-electron chi connectivity index (χ1n) is 6.82. The third-order valence-corrected chi connectivity index (χ3v) is 2.08. The van der Waals surface area contributed by atoms with Gasteiger partial charge in [-0.05, 0) is 23.8 Å². The van der Waals surface area contributed by atoms with Crippen molar-refractivity contribution >= 4 is 22.8 Å². The molecular weight excluding hydrogens is 312 g/mol. The number of allylic oxidation sites excluding steroid dienone is 1. The summed E-state index contributed by atoms with van der Waals surface area (Å²) in [6.45, 7) is 23.4. The Bertz CT molecular complexity index is 386. The summed E-state index contributed by atoms with van der Waals surface area (Å²) in [6.07, 6.45) is 9.32. The topological polar surface area (TPSA) is 49.4 Å². The van der Waals surface area contributed by atoms with Gasteiger partial charge in [-0.25, -0.2) is 0 Å². The van der Waals surface area contributed by atoms with E-state index in [1.807, 2.05) is 12.2 Å². The van der Waals surface area contributed by atoms with E-state index >= 15 is 0 Å². The molecular formula is C18H27ClN2O2. The van der Waals surface area contributed by atoms with Gasteiger partial charge in [0.15, 0.2) is 0 Å². The predicted molar refractivity (Wildman–Crippen MR) is 101 cm³/mol. The molecule has 128 valence electrons. The highest BCUT2D eigenvalue weighted by atomic mass is 35.5. The van der Waals surface area contributed by atoms with Crippen molar-refractivity contribution in [3.05, 3.63) is 75.9 Å². The van der Waals surface area contributed by atoms with E-state index in [4.69, 9.17) is 11.6 Å². The fraction of sp³-hybridized carbons (Fsp3) is 0.222. The van der Waals surface area contributed by atoms with Crippen LogP contribution in [-0.4, -0.2) is 42.2 Å². The van der Waals surface area contributed by atoms with Gasteiger partial charge in [-0.15, -0.1) is 26.3 Å². The highest BCUT2D eigenvalue weighted by molar-refractivity contribution is 6.66. The van der Waals surface area contributed by atoms with Crippen molar-refractivity contribution in [2.75, 3.05) is 26.2 Å². The van der Waals surface area contributed by atoms with Crippen LogP contribution in [0.3, 0.4) is 0 Å². The molecule has 0 aromatic heterocycles. The minimum absolute atomic E-state index is 0.0928. The number of halogens is 1. The second-order valence-corrected chi connectivity index (χ2v) is 4.14. The van der Waals surface area contributed by atoms with E-state index in [-0.39, 0.29) is 5.91 Å². The highest BCUT2D eigenvalue weighted by Gasteiger charge is 2.04. The van der Waals surface area contributed by atoms with Crippen LogP contribution in [0.1, 0.15) is 0 Å². The van der Waals surface area contributed by atoms with E-state index in [1.54, 1.807) is 17.1 Å². The fourth-order valence-electron chi connectivity index (χ4n) is 0.983. The molecule has 23 heavy (non-hydrogen) atoms. The maximum absolute atomic E-state index is 11.0. The second-order valence-electron chi connectivity index (χ2n) is 3.77. The number of rotatable bonds is 10. The van der Waals surface area contributed by atoms with Gasteiger partial charge in [0, 0.05) is 26.2 Å². The molecule has 0 aromatic carbocycles. The molecule has 0 atom stereocenters. The molecule has 0 unspecified atom stereocenters. The van der Waals surface area contributed by atoms with Crippen LogP contribution in [0.2, 0.25) is 0 Å². The lowest BCUT2D eigenvalue weighted by Crippen LogP contribution is -2.29. The van der Waals surface area contributed by atoms with Gasteiger partial charge in [-0.3, -0.25) is 9.59 Å². The molecule has 0 aromatic rings. The Hall–Kier alpha value is -2.17. The minimum atomic E-state index is -0.509. The lowest BCUT2D eigenvalue weighted by Gasteiger charge is -2.16. The van der Waals surface area contributed by atoms with Gasteiger partial charge in [-0.1, -0.05) is 37.5 Å². The molecule has 5 heteroatoms. The Labute approximate surface area is 145 Å². The van der Waals surface area contributed by atoms with Crippen LogP contribution < -0.4 is 5.32 Å². The Morgan fingerprint density at radius 3 is 1.43 bits per heavy atom. The number of amides is 1. The van der Waals surface area contributed by atoms with Crippen molar-refractivity contribution in [2.45, 2.75) is 0 Å². The fourth-order valence-corrected chi connectivity index (χ4v) is 0.983. The summed E-state index contributed by atoms with van der Waals surface area (Å²) in [5, 5.41) is 2.54. The number of carbonyl (C=O) groups excluding carboxylic acids is 2. The van der Waals surface area contributed by atoms with Crippen molar-refractivity contribution in [2.24, 2.45) is 0 Å².